The van der Waals surface area contributed by atoms with Crippen molar-refractivity contribution in [3.05, 3.63) is 60.9 Å². The fourth-order valence-corrected chi connectivity index (χ4v) is 6.87. The molecule has 0 radical (unpaired) electrons. The van der Waals surface area contributed by atoms with Crippen molar-refractivity contribution in [2.24, 2.45) is 0 Å². The van der Waals surface area contributed by atoms with E-state index in [1.54, 1.807) is 18.7 Å². The van der Waals surface area contributed by atoms with Crippen LogP contribution >= 0.6 is 22.9 Å². The number of carbonyl (C=O) groups is 2. The van der Waals surface area contributed by atoms with Crippen LogP contribution in [0.4, 0.5) is 24.5 Å². The third kappa shape index (κ3) is 6.84. The summed E-state index contributed by atoms with van der Waals surface area (Å²) in [5.41, 5.74) is 0.953. The van der Waals surface area contributed by atoms with Crippen LogP contribution in [0.3, 0.4) is 0 Å². The van der Waals surface area contributed by atoms with Gasteiger partial charge in [-0.15, -0.1) is 16.4 Å². The molecule has 4 aromatic heterocycles. The van der Waals surface area contributed by atoms with E-state index in [0.717, 1.165) is 22.6 Å². The zero-order valence-corrected chi connectivity index (χ0v) is 28.0. The molecule has 2 aliphatic rings. The summed E-state index contributed by atoms with van der Waals surface area (Å²) in [4.78, 5) is 55.7. The molecule has 2 aliphatic heterocycles. The predicted octanol–water partition coefficient (Wildman–Crippen LogP) is 3.79. The summed E-state index contributed by atoms with van der Waals surface area (Å²) < 4.78 is 47.8. The summed E-state index contributed by atoms with van der Waals surface area (Å²) in [7, 11) is 0. The highest BCUT2D eigenvalue weighted by molar-refractivity contribution is 7.17. The number of allylic oxidation sites excluding steroid dienone is 1. The average Bonchev–Trinajstić information content (AvgIpc) is 3.57. The number of hydrogen-bond donors (Lipinski definition) is 2. The number of piperazine rings is 1. The number of alkyl halides is 3. The van der Waals surface area contributed by atoms with E-state index in [1.807, 2.05) is 6.08 Å². The second kappa shape index (κ2) is 13.8. The van der Waals surface area contributed by atoms with Crippen molar-refractivity contribution in [2.45, 2.75) is 45.8 Å². The number of nitrogens with zero attached hydrogens (tertiary/aromatic N) is 8. The van der Waals surface area contributed by atoms with Crippen LogP contribution in [0, 0.1) is 6.92 Å². The van der Waals surface area contributed by atoms with Gasteiger partial charge in [-0.3, -0.25) is 14.4 Å². The van der Waals surface area contributed by atoms with Crippen molar-refractivity contribution in [1.82, 2.24) is 34.0 Å². The Morgan fingerprint density at radius 3 is 2.63 bits per heavy atom. The molecule has 0 unspecified atom stereocenters. The molecule has 14 nitrogen and oxygen atoms in total. The van der Waals surface area contributed by atoms with Crippen LogP contribution in [0.2, 0.25) is 4.34 Å². The maximum absolute atomic E-state index is 14.2. The predicted molar refractivity (Wildman–Crippen MR) is 174 cm³/mol. The van der Waals surface area contributed by atoms with E-state index >= 15 is 0 Å². The molecule has 0 atom stereocenters. The first-order valence-corrected chi connectivity index (χ1v) is 16.6. The molecule has 6 heterocycles. The quantitative estimate of drug-likeness (QED) is 0.288. The number of amides is 2. The molecule has 2 N–H and O–H groups in total. The van der Waals surface area contributed by atoms with Crippen LogP contribution in [0.15, 0.2) is 23.3 Å². The van der Waals surface area contributed by atoms with Crippen molar-refractivity contribution in [2.75, 3.05) is 49.6 Å². The average molecular weight is 722 g/mol. The summed E-state index contributed by atoms with van der Waals surface area (Å²) in [5, 5.41) is 17.4. The van der Waals surface area contributed by atoms with Crippen molar-refractivity contribution >= 4 is 57.5 Å². The molecular weight excluding hydrogens is 691 g/mol. The molecule has 0 spiro atoms. The second-order valence-corrected chi connectivity index (χ2v) is 13.0. The maximum Gasteiger partial charge on any atom is 0.425 e. The molecular formula is C30H31ClF3N9O5S. The summed E-state index contributed by atoms with van der Waals surface area (Å²) in [6.07, 6.45) is 0.00821. The number of aromatic hydroxyl groups is 1. The van der Waals surface area contributed by atoms with Crippen LogP contribution in [0.1, 0.15) is 52.3 Å². The topological polar surface area (TPSA) is 160 Å². The molecule has 0 aliphatic carbocycles. The number of halogens is 4. The highest BCUT2D eigenvalue weighted by Gasteiger charge is 2.35. The third-order valence-corrected chi connectivity index (χ3v) is 9.67. The molecule has 260 valence electrons. The molecule has 0 aromatic carbocycles. The Balaban J connectivity index is 1.36. The molecule has 0 bridgehead atoms. The lowest BCUT2D eigenvalue weighted by Gasteiger charge is -2.36. The fraction of sp³-hybridized carbons (Fsp3) is 0.433. The highest BCUT2D eigenvalue weighted by Crippen LogP contribution is 2.41. The number of anilines is 2. The SMILES string of the molecule is CCc1c(N2CCN(C(=O)c3ncnc(C)c3O)CC2)c(=O)n2nc(C3=CCOCCC3)nc2n1CC(=O)Nc1cc(C(F)(F)F)sc1Cl. The summed E-state index contributed by atoms with van der Waals surface area (Å²) in [5.74, 6) is -1.10. The lowest BCUT2D eigenvalue weighted by molar-refractivity contribution is -0.134. The first-order chi connectivity index (χ1) is 23.4. The van der Waals surface area contributed by atoms with Gasteiger partial charge in [-0.1, -0.05) is 24.6 Å². The number of rotatable bonds is 7. The van der Waals surface area contributed by atoms with E-state index in [1.165, 1.54) is 15.8 Å². The van der Waals surface area contributed by atoms with Gasteiger partial charge in [0.05, 0.1) is 23.7 Å². The molecule has 1 saturated heterocycles. The van der Waals surface area contributed by atoms with E-state index in [4.69, 9.17) is 16.3 Å². The monoisotopic (exact) mass is 721 g/mol. The van der Waals surface area contributed by atoms with Gasteiger partial charge in [-0.2, -0.15) is 22.7 Å². The molecule has 2 amide bonds. The van der Waals surface area contributed by atoms with E-state index in [-0.39, 0.29) is 71.2 Å². The molecule has 6 rings (SSSR count). The minimum Gasteiger partial charge on any atom is -0.504 e. The van der Waals surface area contributed by atoms with Gasteiger partial charge < -0.3 is 29.5 Å². The van der Waals surface area contributed by atoms with Crippen LogP contribution < -0.4 is 15.8 Å². The Labute approximate surface area is 285 Å². The second-order valence-electron chi connectivity index (χ2n) is 11.4. The number of nitrogens with one attached hydrogen (secondary N) is 1. The Morgan fingerprint density at radius 2 is 1.94 bits per heavy atom. The Kier molecular flexibility index (Phi) is 9.63. The van der Waals surface area contributed by atoms with Crippen molar-refractivity contribution in [3.63, 3.8) is 0 Å². The Bertz CT molecular complexity index is 2020. The van der Waals surface area contributed by atoms with Crippen LogP contribution in [0.5, 0.6) is 5.75 Å². The van der Waals surface area contributed by atoms with Crippen LogP contribution in [-0.2, 0) is 28.7 Å². The number of ether oxygens (including phenoxy) is 1. The van der Waals surface area contributed by atoms with Crippen molar-refractivity contribution in [1.29, 1.82) is 0 Å². The van der Waals surface area contributed by atoms with Gasteiger partial charge in [0.2, 0.25) is 11.7 Å². The van der Waals surface area contributed by atoms with E-state index in [9.17, 15) is 32.7 Å². The van der Waals surface area contributed by atoms with Crippen molar-refractivity contribution in [3.8, 4) is 5.75 Å². The third-order valence-electron chi connectivity index (χ3n) is 8.26. The maximum atomic E-state index is 14.2. The molecule has 49 heavy (non-hydrogen) atoms. The highest BCUT2D eigenvalue weighted by atomic mass is 35.5. The lowest BCUT2D eigenvalue weighted by Crippen LogP contribution is -2.51. The lowest BCUT2D eigenvalue weighted by atomic mass is 10.1. The standard InChI is InChI=1S/C30H31ClF3N9O5S/c1-3-19-23(40-7-9-41(10-8-40)27(46)22-24(45)16(2)35-15-36-22)28(47)43-29(38-26(39-43)17-5-4-11-48-12-6-17)42(19)14-21(44)37-18-13-20(30(32,33)34)49-25(18)31/h6,13,15,45H,3-5,7-12,14H2,1-2H3,(H,37,44). The molecule has 19 heteroatoms. The zero-order chi connectivity index (χ0) is 35.0. The molecule has 1 fully saturated rings. The zero-order valence-electron chi connectivity index (χ0n) is 26.4. The first kappa shape index (κ1) is 34.3. The molecule has 4 aromatic rings. The van der Waals surface area contributed by atoms with Gasteiger partial charge in [0.15, 0.2) is 17.3 Å². The smallest absolute Gasteiger partial charge is 0.425 e. The number of hydrogen-bond acceptors (Lipinski definition) is 11. The van der Waals surface area contributed by atoms with E-state index in [0.29, 0.717) is 42.5 Å². The number of fused-ring (bicyclic) bond motifs is 1. The summed E-state index contributed by atoms with van der Waals surface area (Å²) in [6, 6.07) is 0.775. The number of aromatic nitrogens is 6. The summed E-state index contributed by atoms with van der Waals surface area (Å²) >= 11 is 6.35. The normalized spacial score (nSPS) is 15.8. The Morgan fingerprint density at radius 1 is 1.18 bits per heavy atom. The van der Waals surface area contributed by atoms with E-state index in [2.05, 4.69) is 25.4 Å². The minimum atomic E-state index is -4.63. The first-order valence-electron chi connectivity index (χ1n) is 15.4. The molecule has 0 saturated carbocycles. The van der Waals surface area contributed by atoms with Gasteiger partial charge in [0, 0.05) is 32.8 Å². The van der Waals surface area contributed by atoms with Crippen molar-refractivity contribution < 1.29 is 32.6 Å². The van der Waals surface area contributed by atoms with Gasteiger partial charge >= 0.3 is 6.18 Å². The van der Waals surface area contributed by atoms with Crippen LogP contribution in [0.25, 0.3) is 11.4 Å². The summed E-state index contributed by atoms with van der Waals surface area (Å²) in [6.45, 7) is 4.68. The largest absolute Gasteiger partial charge is 0.504 e. The number of carbonyl (C=O) groups excluding carboxylic acids is 2. The minimum absolute atomic E-state index is 0.0811. The van der Waals surface area contributed by atoms with Gasteiger partial charge in [0.25, 0.3) is 11.5 Å². The number of aryl methyl sites for hydroxylation is 1. The fourth-order valence-electron chi connectivity index (χ4n) is 5.81. The van der Waals surface area contributed by atoms with E-state index < -0.39 is 35.0 Å². The Hall–Kier alpha value is -4.55. The van der Waals surface area contributed by atoms with Gasteiger partial charge in [-0.05, 0) is 37.8 Å². The van der Waals surface area contributed by atoms with Gasteiger partial charge in [0.1, 0.15) is 27.8 Å². The number of thiophene rings is 1. The van der Waals surface area contributed by atoms with Gasteiger partial charge in [-0.25, -0.2) is 9.97 Å². The van der Waals surface area contributed by atoms with Crippen LogP contribution in [-0.4, -0.2) is 90.3 Å².